The van der Waals surface area contributed by atoms with Gasteiger partial charge < -0.3 is 4.42 Å². The predicted molar refractivity (Wildman–Crippen MR) is 77.3 cm³/mol. The van der Waals surface area contributed by atoms with Gasteiger partial charge in [0, 0.05) is 5.92 Å². The van der Waals surface area contributed by atoms with Crippen LogP contribution in [0.3, 0.4) is 0 Å². The molecule has 2 amide bonds. The van der Waals surface area contributed by atoms with Crippen LogP contribution in [0, 0.1) is 12.8 Å². The lowest BCUT2D eigenvalue weighted by Gasteiger charge is -2.05. The number of nitrogens with zero attached hydrogens (tertiary/aromatic N) is 1. The molecule has 1 fully saturated rings. The zero-order valence-electron chi connectivity index (χ0n) is 11.5. The second-order valence-electron chi connectivity index (χ2n) is 4.99. The Balaban J connectivity index is 1.59. The summed E-state index contributed by atoms with van der Waals surface area (Å²) in [6, 6.07) is 3.83. The number of carbonyl (C=O) groups excluding carboxylic acids is 2. The monoisotopic (exact) mass is 305 g/mol. The Morgan fingerprint density at radius 3 is 2.90 bits per heavy atom. The fourth-order valence-electron chi connectivity index (χ4n) is 1.87. The van der Waals surface area contributed by atoms with Gasteiger partial charge in [0.2, 0.25) is 17.7 Å². The Hall–Kier alpha value is -2.15. The Morgan fingerprint density at radius 1 is 1.43 bits per heavy atom. The number of thiophene rings is 1. The third-order valence-corrected chi connectivity index (χ3v) is 4.08. The molecule has 0 spiro atoms. The number of aryl methyl sites for hydroxylation is 1. The SMILES string of the molecule is Cc1oc(-c2cccs2)nc1CC(=O)NNC(=O)C1CC1. The van der Waals surface area contributed by atoms with E-state index in [0.717, 1.165) is 17.7 Å². The summed E-state index contributed by atoms with van der Waals surface area (Å²) in [5.41, 5.74) is 5.41. The van der Waals surface area contributed by atoms with Crippen molar-refractivity contribution in [3.05, 3.63) is 29.0 Å². The molecule has 0 bridgehead atoms. The average molecular weight is 305 g/mol. The van der Waals surface area contributed by atoms with Crippen LogP contribution in [0.25, 0.3) is 10.8 Å². The first-order valence-electron chi connectivity index (χ1n) is 6.72. The minimum absolute atomic E-state index is 0.0597. The standard InChI is InChI=1S/C14H15N3O3S/c1-8-10(15-14(20-8)11-3-2-6-21-11)7-12(18)16-17-13(19)9-4-5-9/h2-3,6,9H,4-5,7H2,1H3,(H,16,18)(H,17,19). The first kappa shape index (κ1) is 13.8. The molecule has 0 atom stereocenters. The number of hydrogen-bond donors (Lipinski definition) is 2. The fourth-order valence-corrected chi connectivity index (χ4v) is 2.52. The topological polar surface area (TPSA) is 84.2 Å². The minimum atomic E-state index is -0.307. The molecule has 6 nitrogen and oxygen atoms in total. The number of nitrogens with one attached hydrogen (secondary N) is 2. The molecule has 21 heavy (non-hydrogen) atoms. The molecule has 0 radical (unpaired) electrons. The van der Waals surface area contributed by atoms with Crippen LogP contribution in [-0.2, 0) is 16.0 Å². The van der Waals surface area contributed by atoms with Crippen molar-refractivity contribution < 1.29 is 14.0 Å². The second-order valence-corrected chi connectivity index (χ2v) is 5.94. The lowest BCUT2D eigenvalue weighted by molar-refractivity contribution is -0.129. The maximum absolute atomic E-state index is 11.8. The van der Waals surface area contributed by atoms with Crippen LogP contribution < -0.4 is 10.9 Å². The predicted octanol–water partition coefficient (Wildman–Crippen LogP) is 1.81. The van der Waals surface area contributed by atoms with Crippen molar-refractivity contribution in [1.82, 2.24) is 15.8 Å². The number of hydrazine groups is 1. The van der Waals surface area contributed by atoms with Gasteiger partial charge in [-0.1, -0.05) is 6.07 Å². The lowest BCUT2D eigenvalue weighted by atomic mass is 10.2. The van der Waals surface area contributed by atoms with Gasteiger partial charge in [-0.05, 0) is 31.2 Å². The van der Waals surface area contributed by atoms with E-state index in [0.29, 0.717) is 17.3 Å². The molecule has 2 heterocycles. The van der Waals surface area contributed by atoms with Crippen LogP contribution in [0.15, 0.2) is 21.9 Å². The van der Waals surface area contributed by atoms with Gasteiger partial charge in [-0.25, -0.2) is 4.98 Å². The Morgan fingerprint density at radius 2 is 2.24 bits per heavy atom. The van der Waals surface area contributed by atoms with Crippen molar-refractivity contribution in [3.63, 3.8) is 0 Å². The van der Waals surface area contributed by atoms with E-state index in [1.165, 1.54) is 11.3 Å². The first-order chi connectivity index (χ1) is 10.1. The molecule has 7 heteroatoms. The van der Waals surface area contributed by atoms with Crippen molar-refractivity contribution in [3.8, 4) is 10.8 Å². The van der Waals surface area contributed by atoms with Crippen molar-refractivity contribution in [1.29, 1.82) is 0 Å². The summed E-state index contributed by atoms with van der Waals surface area (Å²) in [5.74, 6) is 0.761. The maximum atomic E-state index is 11.8. The number of hydrogen-bond acceptors (Lipinski definition) is 5. The first-order valence-corrected chi connectivity index (χ1v) is 7.60. The molecule has 0 saturated heterocycles. The molecule has 2 N–H and O–H groups in total. The second kappa shape index (κ2) is 5.69. The lowest BCUT2D eigenvalue weighted by Crippen LogP contribution is -2.43. The molecule has 0 unspecified atom stereocenters. The third-order valence-electron chi connectivity index (χ3n) is 3.23. The summed E-state index contributed by atoms with van der Waals surface area (Å²) in [6.45, 7) is 1.77. The van der Waals surface area contributed by atoms with E-state index in [-0.39, 0.29) is 24.2 Å². The molecular weight excluding hydrogens is 290 g/mol. The maximum Gasteiger partial charge on any atom is 0.244 e. The van der Waals surface area contributed by atoms with Gasteiger partial charge >= 0.3 is 0 Å². The van der Waals surface area contributed by atoms with E-state index < -0.39 is 0 Å². The highest BCUT2D eigenvalue weighted by Gasteiger charge is 2.29. The highest BCUT2D eigenvalue weighted by atomic mass is 32.1. The van der Waals surface area contributed by atoms with E-state index >= 15 is 0 Å². The Labute approximate surface area is 125 Å². The summed E-state index contributed by atoms with van der Waals surface area (Å²) >= 11 is 1.53. The largest absolute Gasteiger partial charge is 0.440 e. The van der Waals surface area contributed by atoms with Crippen LogP contribution in [0.5, 0.6) is 0 Å². The fraction of sp³-hybridized carbons (Fsp3) is 0.357. The molecule has 1 saturated carbocycles. The van der Waals surface area contributed by atoms with Crippen molar-refractivity contribution in [2.24, 2.45) is 5.92 Å². The van der Waals surface area contributed by atoms with E-state index in [9.17, 15) is 9.59 Å². The minimum Gasteiger partial charge on any atom is -0.440 e. The van der Waals surface area contributed by atoms with Crippen molar-refractivity contribution >= 4 is 23.2 Å². The van der Waals surface area contributed by atoms with Crippen LogP contribution in [0.2, 0.25) is 0 Å². The summed E-state index contributed by atoms with van der Waals surface area (Å²) in [7, 11) is 0. The van der Waals surface area contributed by atoms with Crippen molar-refractivity contribution in [2.45, 2.75) is 26.2 Å². The Kier molecular flexibility index (Phi) is 3.74. The van der Waals surface area contributed by atoms with E-state index in [2.05, 4.69) is 15.8 Å². The molecule has 1 aliphatic rings. The van der Waals surface area contributed by atoms with Gasteiger partial charge in [0.25, 0.3) is 0 Å². The smallest absolute Gasteiger partial charge is 0.244 e. The average Bonchev–Trinajstić information content (AvgIpc) is 3.05. The van der Waals surface area contributed by atoms with Gasteiger partial charge in [-0.3, -0.25) is 20.4 Å². The number of oxazole rings is 1. The van der Waals surface area contributed by atoms with Crippen LogP contribution in [-0.4, -0.2) is 16.8 Å². The summed E-state index contributed by atoms with van der Waals surface area (Å²) < 4.78 is 5.57. The number of rotatable bonds is 4. The summed E-state index contributed by atoms with van der Waals surface area (Å²) in [4.78, 5) is 28.5. The third kappa shape index (κ3) is 3.30. The van der Waals surface area contributed by atoms with Crippen LogP contribution in [0.1, 0.15) is 24.3 Å². The van der Waals surface area contributed by atoms with Crippen molar-refractivity contribution in [2.75, 3.05) is 0 Å². The normalized spacial score (nSPS) is 14.0. The summed E-state index contributed by atoms with van der Waals surface area (Å²) in [6.07, 6.45) is 1.87. The quantitative estimate of drug-likeness (QED) is 0.844. The molecule has 2 aromatic rings. The van der Waals surface area contributed by atoms with Gasteiger partial charge in [0.15, 0.2) is 0 Å². The van der Waals surface area contributed by atoms with Gasteiger partial charge in [0.1, 0.15) is 5.76 Å². The van der Waals surface area contributed by atoms with E-state index in [1.54, 1.807) is 6.92 Å². The summed E-state index contributed by atoms with van der Waals surface area (Å²) in [5, 5.41) is 1.94. The number of aromatic nitrogens is 1. The highest BCUT2D eigenvalue weighted by molar-refractivity contribution is 7.13. The molecule has 110 valence electrons. The van der Waals surface area contributed by atoms with E-state index in [1.807, 2.05) is 17.5 Å². The molecule has 2 aromatic heterocycles. The number of amides is 2. The van der Waals surface area contributed by atoms with E-state index in [4.69, 9.17) is 4.42 Å². The highest BCUT2D eigenvalue weighted by Crippen LogP contribution is 2.28. The van der Waals surface area contributed by atoms with Gasteiger partial charge in [-0.15, -0.1) is 11.3 Å². The van der Waals surface area contributed by atoms with Gasteiger partial charge in [0.05, 0.1) is 17.0 Å². The van der Waals surface area contributed by atoms with Crippen LogP contribution in [0.4, 0.5) is 0 Å². The van der Waals surface area contributed by atoms with Gasteiger partial charge in [-0.2, -0.15) is 0 Å². The zero-order chi connectivity index (χ0) is 14.8. The molecule has 3 rings (SSSR count). The molecule has 0 aliphatic heterocycles. The number of carbonyl (C=O) groups is 2. The van der Waals surface area contributed by atoms with Crippen LogP contribution >= 0.6 is 11.3 Å². The zero-order valence-corrected chi connectivity index (χ0v) is 12.3. The molecule has 0 aromatic carbocycles. The molecular formula is C14H15N3O3S. The molecule has 1 aliphatic carbocycles. The Bertz CT molecular complexity index is 659.